The highest BCUT2D eigenvalue weighted by Gasteiger charge is 2.49. The van der Waals surface area contributed by atoms with Gasteiger partial charge >= 0.3 is 5.97 Å². The van der Waals surface area contributed by atoms with E-state index in [1.54, 1.807) is 30.3 Å². The summed E-state index contributed by atoms with van der Waals surface area (Å²) in [5.74, 6) is -1.45. The van der Waals surface area contributed by atoms with Crippen LogP contribution in [-0.2, 0) is 14.4 Å². The molecule has 1 saturated heterocycles. The van der Waals surface area contributed by atoms with Crippen LogP contribution >= 0.6 is 0 Å². The summed E-state index contributed by atoms with van der Waals surface area (Å²) in [5, 5.41) is 13.3. The van der Waals surface area contributed by atoms with Crippen molar-refractivity contribution in [2.45, 2.75) is 25.3 Å². The molecule has 11 nitrogen and oxygen atoms in total. The lowest BCUT2D eigenvalue weighted by molar-refractivity contribution is -0.143. The molecule has 0 spiro atoms. The monoisotopic (exact) mass is 513 g/mol. The van der Waals surface area contributed by atoms with Crippen LogP contribution in [0.4, 0.5) is 0 Å². The van der Waals surface area contributed by atoms with Crippen LogP contribution in [0.15, 0.2) is 36.4 Å². The minimum atomic E-state index is -1.03. The largest absolute Gasteiger partial charge is 0.497 e. The molecule has 2 amide bonds. The predicted octanol–water partition coefficient (Wildman–Crippen LogP) is 1.66. The molecule has 11 heteroatoms. The van der Waals surface area contributed by atoms with Gasteiger partial charge in [0, 0.05) is 30.6 Å². The molecular weight excluding hydrogens is 482 g/mol. The van der Waals surface area contributed by atoms with Crippen molar-refractivity contribution in [3.63, 3.8) is 0 Å². The lowest BCUT2D eigenvalue weighted by Crippen LogP contribution is -2.38. The first kappa shape index (κ1) is 26.1. The van der Waals surface area contributed by atoms with Crippen molar-refractivity contribution in [1.29, 1.82) is 0 Å². The Morgan fingerprint density at radius 1 is 1.16 bits per heavy atom. The first-order chi connectivity index (χ1) is 17.8. The van der Waals surface area contributed by atoms with Crippen molar-refractivity contribution in [2.75, 3.05) is 40.1 Å². The van der Waals surface area contributed by atoms with E-state index in [9.17, 15) is 19.5 Å². The maximum Gasteiger partial charge on any atom is 0.309 e. The number of carbonyl (C=O) groups excluding carboxylic acids is 2. The summed E-state index contributed by atoms with van der Waals surface area (Å²) in [5.41, 5.74) is 6.57. The normalized spacial score (nSPS) is 20.4. The quantitative estimate of drug-likeness (QED) is 0.408. The molecule has 1 unspecified atom stereocenters. The van der Waals surface area contributed by atoms with Gasteiger partial charge in [-0.2, -0.15) is 0 Å². The molecule has 0 saturated carbocycles. The molecular formula is C26H31N3O8. The molecule has 2 aromatic carbocycles. The van der Waals surface area contributed by atoms with E-state index >= 15 is 0 Å². The second kappa shape index (κ2) is 11.4. The van der Waals surface area contributed by atoms with Crippen LogP contribution in [0.2, 0.25) is 0 Å². The van der Waals surface area contributed by atoms with Crippen molar-refractivity contribution < 1.29 is 38.4 Å². The molecule has 4 N–H and O–H groups in total. The van der Waals surface area contributed by atoms with Crippen molar-refractivity contribution in [3.05, 3.63) is 47.5 Å². The first-order valence-electron chi connectivity index (χ1n) is 12.0. The third kappa shape index (κ3) is 5.72. The third-order valence-corrected chi connectivity index (χ3v) is 6.54. The molecule has 4 rings (SSSR count). The topological polar surface area (TPSA) is 150 Å². The van der Waals surface area contributed by atoms with Crippen LogP contribution in [0.5, 0.6) is 23.0 Å². The lowest BCUT2D eigenvalue weighted by atomic mass is 9.82. The Kier molecular flexibility index (Phi) is 8.02. The summed E-state index contributed by atoms with van der Waals surface area (Å²) in [4.78, 5) is 38.8. The fourth-order valence-corrected chi connectivity index (χ4v) is 4.91. The number of hydrogen-bond donors (Lipinski definition) is 3. The summed E-state index contributed by atoms with van der Waals surface area (Å²) >= 11 is 0. The number of primary amides is 1. The van der Waals surface area contributed by atoms with Crippen LogP contribution in [0.25, 0.3) is 0 Å². The molecule has 0 aliphatic carbocycles. The van der Waals surface area contributed by atoms with Gasteiger partial charge in [0.15, 0.2) is 18.1 Å². The van der Waals surface area contributed by atoms with Crippen molar-refractivity contribution >= 4 is 17.8 Å². The number of benzene rings is 2. The van der Waals surface area contributed by atoms with E-state index in [0.29, 0.717) is 35.9 Å². The van der Waals surface area contributed by atoms with Gasteiger partial charge in [0.2, 0.25) is 12.7 Å². The van der Waals surface area contributed by atoms with Gasteiger partial charge in [-0.25, -0.2) is 0 Å². The van der Waals surface area contributed by atoms with Crippen LogP contribution in [0, 0.1) is 5.92 Å². The standard InChI is InChI=1S/C26H31N3O8/c1-3-8-28-23(31)12-29-11-18(15-4-7-19-21(9-15)37-14-36-19)24(26(32)33)25(29)17-6-5-16(34-2)10-20(17)35-13-22(27)30/h4-7,9-10,18,24-25H,3,8,11-14H2,1-2H3,(H2,27,30)(H,28,31)(H,32,33)/t18?,24-,25+/m0/s1. The molecule has 37 heavy (non-hydrogen) atoms. The van der Waals surface area contributed by atoms with Crippen LogP contribution in [-0.4, -0.2) is 67.9 Å². The zero-order valence-corrected chi connectivity index (χ0v) is 20.8. The fraction of sp³-hybridized carbons (Fsp3) is 0.423. The Labute approximate surface area is 214 Å². The summed E-state index contributed by atoms with van der Waals surface area (Å²) in [6.07, 6.45) is 0.774. The fourth-order valence-electron chi connectivity index (χ4n) is 4.91. The molecule has 198 valence electrons. The number of carboxylic acids is 1. The molecule has 2 aliphatic heterocycles. The highest BCUT2D eigenvalue weighted by molar-refractivity contribution is 5.79. The summed E-state index contributed by atoms with van der Waals surface area (Å²) in [6.45, 7) is 2.45. The minimum absolute atomic E-state index is 0.0171. The van der Waals surface area contributed by atoms with Gasteiger partial charge in [-0.15, -0.1) is 0 Å². The lowest BCUT2D eigenvalue weighted by Gasteiger charge is -2.28. The average Bonchev–Trinajstić information content (AvgIpc) is 3.50. The maximum atomic E-state index is 12.8. The summed E-state index contributed by atoms with van der Waals surface area (Å²) < 4.78 is 21.9. The van der Waals surface area contributed by atoms with E-state index in [1.807, 2.05) is 17.9 Å². The Morgan fingerprint density at radius 2 is 1.95 bits per heavy atom. The summed E-state index contributed by atoms with van der Waals surface area (Å²) in [7, 11) is 1.49. The number of nitrogens with zero attached hydrogens (tertiary/aromatic N) is 1. The van der Waals surface area contributed by atoms with E-state index < -0.39 is 36.4 Å². The number of amides is 2. The van der Waals surface area contributed by atoms with E-state index in [2.05, 4.69) is 5.32 Å². The van der Waals surface area contributed by atoms with Crippen LogP contribution in [0.1, 0.15) is 36.4 Å². The van der Waals surface area contributed by atoms with Gasteiger partial charge in [-0.1, -0.05) is 19.1 Å². The molecule has 2 aromatic rings. The number of carbonyl (C=O) groups is 3. The van der Waals surface area contributed by atoms with Gasteiger partial charge in [0.1, 0.15) is 11.5 Å². The Balaban J connectivity index is 1.77. The molecule has 0 bridgehead atoms. The van der Waals surface area contributed by atoms with Gasteiger partial charge < -0.3 is 35.1 Å². The van der Waals surface area contributed by atoms with Crippen LogP contribution < -0.4 is 30.0 Å². The Bertz CT molecular complexity index is 1170. The Morgan fingerprint density at radius 3 is 2.65 bits per heavy atom. The zero-order valence-electron chi connectivity index (χ0n) is 20.8. The van der Waals surface area contributed by atoms with Crippen molar-refractivity contribution in [1.82, 2.24) is 10.2 Å². The van der Waals surface area contributed by atoms with Crippen molar-refractivity contribution in [3.8, 4) is 23.0 Å². The maximum absolute atomic E-state index is 12.8. The van der Waals surface area contributed by atoms with E-state index in [1.165, 1.54) is 7.11 Å². The van der Waals surface area contributed by atoms with E-state index in [0.717, 1.165) is 12.0 Å². The number of methoxy groups -OCH3 is 1. The Hall–Kier alpha value is -3.99. The van der Waals surface area contributed by atoms with Crippen molar-refractivity contribution in [2.24, 2.45) is 11.7 Å². The minimum Gasteiger partial charge on any atom is -0.497 e. The second-order valence-electron chi connectivity index (χ2n) is 8.97. The second-order valence-corrected chi connectivity index (χ2v) is 8.97. The molecule has 1 fully saturated rings. The molecule has 2 heterocycles. The zero-order chi connectivity index (χ0) is 26.5. The predicted molar refractivity (Wildman–Crippen MR) is 132 cm³/mol. The van der Waals surface area contributed by atoms with Gasteiger partial charge in [0.05, 0.1) is 25.6 Å². The number of nitrogens with one attached hydrogen (secondary N) is 1. The number of nitrogens with two attached hydrogens (primary N) is 1. The van der Waals surface area contributed by atoms with Gasteiger partial charge in [-0.3, -0.25) is 19.3 Å². The summed E-state index contributed by atoms with van der Waals surface area (Å²) in [6, 6.07) is 9.61. The highest BCUT2D eigenvalue weighted by Crippen LogP contribution is 2.49. The van der Waals surface area contributed by atoms with Crippen LogP contribution in [0.3, 0.4) is 0 Å². The number of carboxylic acid groups (broad SMARTS) is 1. The number of aliphatic carboxylic acids is 1. The third-order valence-electron chi connectivity index (χ3n) is 6.54. The molecule has 0 radical (unpaired) electrons. The van der Waals surface area contributed by atoms with Gasteiger partial charge in [-0.05, 0) is 30.2 Å². The van der Waals surface area contributed by atoms with E-state index in [-0.39, 0.29) is 25.0 Å². The van der Waals surface area contributed by atoms with E-state index in [4.69, 9.17) is 24.7 Å². The number of likely N-dealkylation sites (tertiary alicyclic amines) is 1. The smallest absolute Gasteiger partial charge is 0.309 e. The molecule has 2 aliphatic rings. The number of rotatable bonds is 11. The first-order valence-corrected chi connectivity index (χ1v) is 12.0. The number of ether oxygens (including phenoxy) is 4. The van der Waals surface area contributed by atoms with Gasteiger partial charge in [0.25, 0.3) is 5.91 Å². The highest BCUT2D eigenvalue weighted by atomic mass is 16.7. The number of fused-ring (bicyclic) bond motifs is 1. The SMILES string of the molecule is CCCNC(=O)CN1CC(c2ccc3c(c2)OCO3)[C@H](C(=O)O)[C@H]1c1ccc(OC)cc1OCC(N)=O. The number of hydrogen-bond acceptors (Lipinski definition) is 8. The average molecular weight is 514 g/mol. The molecule has 0 aromatic heterocycles. The molecule has 3 atom stereocenters.